The lowest BCUT2D eigenvalue weighted by Gasteiger charge is -2.43. The van der Waals surface area contributed by atoms with Crippen molar-refractivity contribution in [2.24, 2.45) is 10.7 Å². The predicted octanol–water partition coefficient (Wildman–Crippen LogP) is 2.00. The number of nitrogens with zero attached hydrogens (tertiary/aromatic N) is 4. The highest BCUT2D eigenvalue weighted by atomic mass is 16.6. The second-order valence-electron chi connectivity index (χ2n) is 8.76. The molecule has 9 nitrogen and oxygen atoms in total. The van der Waals surface area contributed by atoms with Gasteiger partial charge in [-0.15, -0.1) is 0 Å². The van der Waals surface area contributed by atoms with Gasteiger partial charge in [-0.3, -0.25) is 10.2 Å². The minimum atomic E-state index is -0.677. The maximum atomic E-state index is 13.1. The van der Waals surface area contributed by atoms with Crippen molar-refractivity contribution in [2.75, 3.05) is 31.7 Å². The number of likely N-dealkylation sites (tertiary alicyclic amines) is 1. The first-order chi connectivity index (χ1) is 14.1. The van der Waals surface area contributed by atoms with E-state index in [1.54, 1.807) is 16.8 Å². The number of ether oxygens (including phenoxy) is 1. The Morgan fingerprint density at radius 2 is 1.83 bits per heavy atom. The Hall–Kier alpha value is -3.10. The molecule has 0 aromatic heterocycles. The minimum absolute atomic E-state index is 0.0697. The third kappa shape index (κ3) is 4.10. The van der Waals surface area contributed by atoms with Gasteiger partial charge in [0.2, 0.25) is 5.91 Å². The maximum absolute atomic E-state index is 13.1. The van der Waals surface area contributed by atoms with Crippen molar-refractivity contribution < 1.29 is 14.3 Å². The van der Waals surface area contributed by atoms with Crippen molar-refractivity contribution in [1.29, 1.82) is 5.41 Å². The molecule has 0 aliphatic carbocycles. The van der Waals surface area contributed by atoms with Crippen molar-refractivity contribution in [3.05, 3.63) is 29.8 Å². The van der Waals surface area contributed by atoms with Gasteiger partial charge in [-0.2, -0.15) is 0 Å². The van der Waals surface area contributed by atoms with Crippen LogP contribution in [0.5, 0.6) is 0 Å². The number of carbonyl (C=O) groups is 2. The molecule has 1 spiro atoms. The summed E-state index contributed by atoms with van der Waals surface area (Å²) in [6.07, 6.45) is 1.64. The smallest absolute Gasteiger partial charge is 0.410 e. The summed E-state index contributed by atoms with van der Waals surface area (Å²) in [7, 11) is 1.80. The lowest BCUT2D eigenvalue weighted by atomic mass is 9.85. The van der Waals surface area contributed by atoms with Crippen LogP contribution >= 0.6 is 0 Å². The lowest BCUT2D eigenvalue weighted by Crippen LogP contribution is -2.57. The van der Waals surface area contributed by atoms with E-state index in [1.165, 1.54) is 0 Å². The summed E-state index contributed by atoms with van der Waals surface area (Å²) in [6.45, 7) is 6.93. The monoisotopic (exact) mass is 414 g/mol. The highest BCUT2D eigenvalue weighted by Gasteiger charge is 2.53. The van der Waals surface area contributed by atoms with E-state index >= 15 is 0 Å². The number of nitrogens with two attached hydrogens (primary N) is 1. The Labute approximate surface area is 177 Å². The number of amides is 2. The lowest BCUT2D eigenvalue weighted by molar-refractivity contribution is -0.132. The van der Waals surface area contributed by atoms with Gasteiger partial charge in [-0.1, -0.05) is 0 Å². The van der Waals surface area contributed by atoms with Crippen LogP contribution in [0.15, 0.2) is 29.3 Å². The molecular weight excluding hydrogens is 384 g/mol. The molecule has 2 heterocycles. The van der Waals surface area contributed by atoms with E-state index in [-0.39, 0.29) is 17.8 Å². The first-order valence-corrected chi connectivity index (χ1v) is 10.0. The largest absolute Gasteiger partial charge is 0.444 e. The van der Waals surface area contributed by atoms with Gasteiger partial charge >= 0.3 is 6.09 Å². The molecule has 9 heteroatoms. The summed E-state index contributed by atoms with van der Waals surface area (Å²) in [6, 6.07) is 7.50. The van der Waals surface area contributed by atoms with Gasteiger partial charge in [0.1, 0.15) is 23.3 Å². The summed E-state index contributed by atoms with van der Waals surface area (Å²) >= 11 is 0. The van der Waals surface area contributed by atoms with Gasteiger partial charge in [0.15, 0.2) is 0 Å². The zero-order valence-electron chi connectivity index (χ0n) is 18.0. The topological polar surface area (TPSA) is 115 Å². The first-order valence-electron chi connectivity index (χ1n) is 10.0. The number of likely N-dealkylation sites (N-methyl/N-ethyl adjacent to an activating group) is 1. The average molecular weight is 415 g/mol. The number of nitrogens with one attached hydrogen (secondary N) is 1. The molecule has 3 rings (SSSR count). The summed E-state index contributed by atoms with van der Waals surface area (Å²) < 4.78 is 5.48. The van der Waals surface area contributed by atoms with Crippen LogP contribution in [0.1, 0.15) is 39.2 Å². The number of hydrogen-bond donors (Lipinski definition) is 2. The fourth-order valence-electron chi connectivity index (χ4n) is 4.04. The van der Waals surface area contributed by atoms with E-state index in [2.05, 4.69) is 9.89 Å². The van der Waals surface area contributed by atoms with Crippen molar-refractivity contribution in [3.8, 4) is 0 Å². The van der Waals surface area contributed by atoms with Crippen LogP contribution < -0.4 is 10.6 Å². The van der Waals surface area contributed by atoms with E-state index in [1.807, 2.05) is 45.0 Å². The van der Waals surface area contributed by atoms with Crippen molar-refractivity contribution in [3.63, 3.8) is 0 Å². The van der Waals surface area contributed by atoms with E-state index in [0.29, 0.717) is 32.6 Å². The summed E-state index contributed by atoms with van der Waals surface area (Å²) in [5.74, 6) is 0.340. The first kappa shape index (κ1) is 21.6. The number of hydrogen-bond acceptors (Lipinski definition) is 5. The molecule has 0 saturated carbocycles. The molecule has 3 N–H and O–H groups in total. The Balaban J connectivity index is 1.80. The van der Waals surface area contributed by atoms with Crippen LogP contribution in [0.3, 0.4) is 0 Å². The molecule has 0 bridgehead atoms. The highest BCUT2D eigenvalue weighted by Crippen LogP contribution is 2.39. The summed E-state index contributed by atoms with van der Waals surface area (Å²) in [4.78, 5) is 34.8. The number of anilines is 1. The Morgan fingerprint density at radius 1 is 1.23 bits per heavy atom. The molecular formula is C21H30N6O3. The molecule has 30 heavy (non-hydrogen) atoms. The second-order valence-corrected chi connectivity index (χ2v) is 8.76. The molecule has 2 amide bonds. The number of benzene rings is 1. The standard InChI is InChI=1S/C21H30N6O3/c1-20(2,3)30-19(29)26-11-9-21(10-12-26)18(28)25(4)14-27(21)16-7-5-15(6-8-16)17(23)24-13-22/h5-8,13H,9-12,14H2,1-4H3,(H3,22,23,24). The zero-order valence-corrected chi connectivity index (χ0v) is 18.0. The molecule has 0 unspecified atom stereocenters. The molecule has 2 aliphatic rings. The molecule has 1 aromatic rings. The third-order valence-electron chi connectivity index (χ3n) is 5.54. The quantitative estimate of drug-likeness (QED) is 0.580. The predicted molar refractivity (Wildman–Crippen MR) is 116 cm³/mol. The van der Waals surface area contributed by atoms with Gasteiger partial charge in [-0.25, -0.2) is 9.79 Å². The van der Waals surface area contributed by atoms with Crippen LogP contribution in [0, 0.1) is 5.41 Å². The Bertz CT molecular complexity index is 850. The van der Waals surface area contributed by atoms with Crippen molar-refractivity contribution in [2.45, 2.75) is 44.8 Å². The van der Waals surface area contributed by atoms with Crippen LogP contribution in [0.25, 0.3) is 0 Å². The van der Waals surface area contributed by atoms with Gasteiger partial charge in [0.05, 0.1) is 6.67 Å². The second kappa shape index (κ2) is 7.97. The van der Waals surface area contributed by atoms with Crippen molar-refractivity contribution in [1.82, 2.24) is 9.80 Å². The molecule has 2 aliphatic heterocycles. The van der Waals surface area contributed by atoms with Gasteiger partial charge in [0.25, 0.3) is 0 Å². The SMILES string of the molecule is CN1CN(c2ccc(C(N)=NC=N)cc2)C2(CCN(C(=O)OC(C)(C)C)CC2)C1=O. The van der Waals surface area contributed by atoms with E-state index in [9.17, 15) is 9.59 Å². The van der Waals surface area contributed by atoms with E-state index in [0.717, 1.165) is 17.6 Å². The number of rotatable bonds is 3. The van der Waals surface area contributed by atoms with Crippen LogP contribution in [-0.2, 0) is 9.53 Å². The van der Waals surface area contributed by atoms with Gasteiger partial charge in [0, 0.05) is 31.4 Å². The summed E-state index contributed by atoms with van der Waals surface area (Å²) in [5.41, 5.74) is 6.25. The van der Waals surface area contributed by atoms with Crippen LogP contribution in [-0.4, -0.2) is 71.9 Å². The molecule has 2 fully saturated rings. The number of carbonyl (C=O) groups excluding carboxylic acids is 2. The maximum Gasteiger partial charge on any atom is 0.410 e. The van der Waals surface area contributed by atoms with Crippen LogP contribution in [0.2, 0.25) is 0 Å². The highest BCUT2D eigenvalue weighted by molar-refractivity contribution is 6.01. The van der Waals surface area contributed by atoms with Gasteiger partial charge < -0.3 is 25.2 Å². The zero-order chi connectivity index (χ0) is 22.1. The normalized spacial score (nSPS) is 19.4. The number of amidine groups is 1. The molecule has 0 atom stereocenters. The van der Waals surface area contributed by atoms with Crippen LogP contribution in [0.4, 0.5) is 10.5 Å². The van der Waals surface area contributed by atoms with E-state index in [4.69, 9.17) is 15.9 Å². The molecule has 2 saturated heterocycles. The van der Waals surface area contributed by atoms with Crippen molar-refractivity contribution >= 4 is 29.9 Å². The minimum Gasteiger partial charge on any atom is -0.444 e. The number of piperidine rings is 1. The van der Waals surface area contributed by atoms with Gasteiger partial charge in [-0.05, 0) is 57.9 Å². The average Bonchev–Trinajstić information content (AvgIpc) is 2.92. The molecule has 1 aromatic carbocycles. The molecule has 162 valence electrons. The third-order valence-corrected chi connectivity index (χ3v) is 5.54. The van der Waals surface area contributed by atoms with E-state index < -0.39 is 11.1 Å². The fourth-order valence-corrected chi connectivity index (χ4v) is 4.04. The Kier molecular flexibility index (Phi) is 5.74. The molecule has 0 radical (unpaired) electrons. The summed E-state index contributed by atoms with van der Waals surface area (Å²) in [5, 5.41) is 7.05. The number of aliphatic imine (C=N–C) groups is 1. The fraction of sp³-hybridized carbons (Fsp3) is 0.524. The Morgan fingerprint density at radius 3 is 2.37 bits per heavy atom.